The van der Waals surface area contributed by atoms with Crippen molar-refractivity contribution in [3.63, 3.8) is 0 Å². The number of aromatic nitrogens is 3. The molecule has 0 radical (unpaired) electrons. The summed E-state index contributed by atoms with van der Waals surface area (Å²) in [6.07, 6.45) is -1.50. The van der Waals surface area contributed by atoms with Crippen LogP contribution in [0.2, 0.25) is 0 Å². The number of nitrogens with one attached hydrogen (secondary N) is 1. The number of alkyl halides is 1. The first-order valence-corrected chi connectivity index (χ1v) is 13.0. The van der Waals surface area contributed by atoms with E-state index in [1.54, 1.807) is 55.5 Å². The van der Waals surface area contributed by atoms with Gasteiger partial charge in [-0.05, 0) is 69.9 Å². The molecule has 0 saturated carbocycles. The zero-order valence-corrected chi connectivity index (χ0v) is 22.7. The second kappa shape index (κ2) is 10.6. The minimum absolute atomic E-state index is 0.138. The highest BCUT2D eigenvalue weighted by Gasteiger charge is 2.40. The third kappa shape index (κ3) is 5.44. The molecule has 0 unspecified atom stereocenters. The molecule has 3 heterocycles. The Morgan fingerprint density at radius 2 is 1.85 bits per heavy atom. The Kier molecular flexibility index (Phi) is 7.26. The number of benzene rings is 2. The van der Waals surface area contributed by atoms with Crippen molar-refractivity contribution < 1.29 is 23.2 Å². The summed E-state index contributed by atoms with van der Waals surface area (Å²) < 4.78 is 30.5. The van der Waals surface area contributed by atoms with Gasteiger partial charge in [-0.3, -0.25) is 19.1 Å². The van der Waals surface area contributed by atoms with E-state index in [1.807, 2.05) is 0 Å². The molecule has 2 aromatic heterocycles. The van der Waals surface area contributed by atoms with Gasteiger partial charge in [0.2, 0.25) is 11.8 Å². The van der Waals surface area contributed by atoms with Crippen molar-refractivity contribution in [2.75, 3.05) is 11.9 Å². The molecular weight excluding hydrogens is 572 g/mol. The van der Waals surface area contributed by atoms with Crippen LogP contribution in [0.5, 0.6) is 0 Å². The van der Waals surface area contributed by atoms with Gasteiger partial charge in [0.05, 0.1) is 12.1 Å². The fraction of sp³-hybridized carbons (Fsp3) is 0.250. The molecule has 0 aliphatic carbocycles. The first-order valence-electron chi connectivity index (χ1n) is 12.3. The van der Waals surface area contributed by atoms with Crippen molar-refractivity contribution in [1.82, 2.24) is 19.7 Å². The minimum Gasteiger partial charge on any atom is -0.326 e. The molecule has 11 heteroatoms. The smallest absolute Gasteiger partial charge is 0.248 e. The summed E-state index contributed by atoms with van der Waals surface area (Å²) in [6.45, 7) is 2.52. The number of pyridine rings is 1. The van der Waals surface area contributed by atoms with Gasteiger partial charge >= 0.3 is 0 Å². The van der Waals surface area contributed by atoms with Gasteiger partial charge in [0.1, 0.15) is 40.7 Å². The van der Waals surface area contributed by atoms with E-state index in [1.165, 1.54) is 22.6 Å². The van der Waals surface area contributed by atoms with Gasteiger partial charge in [-0.15, -0.1) is 0 Å². The molecule has 5 rings (SSSR count). The first-order chi connectivity index (χ1) is 18.6. The molecule has 4 aromatic rings. The van der Waals surface area contributed by atoms with Crippen LogP contribution in [0.25, 0.3) is 22.0 Å². The molecule has 0 spiro atoms. The number of nitrogens with zero attached hydrogens (tertiary/aromatic N) is 4. The summed E-state index contributed by atoms with van der Waals surface area (Å²) in [6, 6.07) is 14.1. The maximum Gasteiger partial charge on any atom is 0.248 e. The van der Waals surface area contributed by atoms with Gasteiger partial charge in [0, 0.05) is 18.7 Å². The van der Waals surface area contributed by atoms with Crippen molar-refractivity contribution in [3.05, 3.63) is 76.3 Å². The Balaban J connectivity index is 1.42. The maximum absolute atomic E-state index is 14.4. The van der Waals surface area contributed by atoms with Crippen LogP contribution in [0.1, 0.15) is 29.4 Å². The number of anilines is 1. The summed E-state index contributed by atoms with van der Waals surface area (Å²) in [7, 11) is 0. The molecule has 0 bridgehead atoms. The number of hydrogen-bond acceptors (Lipinski definition) is 5. The van der Waals surface area contributed by atoms with E-state index in [-0.39, 0.29) is 42.6 Å². The van der Waals surface area contributed by atoms with Crippen LogP contribution in [-0.4, -0.2) is 56.0 Å². The molecule has 1 fully saturated rings. The average molecular weight is 596 g/mol. The number of fused-ring (bicyclic) bond motifs is 1. The maximum atomic E-state index is 14.4. The van der Waals surface area contributed by atoms with E-state index >= 15 is 0 Å². The van der Waals surface area contributed by atoms with E-state index in [2.05, 4.69) is 31.3 Å². The quantitative estimate of drug-likeness (QED) is 0.247. The molecule has 8 nitrogen and oxygen atoms in total. The van der Waals surface area contributed by atoms with Crippen molar-refractivity contribution in [3.8, 4) is 11.1 Å². The van der Waals surface area contributed by atoms with Crippen LogP contribution in [-0.2, 0) is 16.1 Å². The van der Waals surface area contributed by atoms with Crippen LogP contribution >= 0.6 is 15.9 Å². The molecule has 1 aliphatic heterocycles. The zero-order valence-electron chi connectivity index (χ0n) is 21.1. The highest BCUT2D eigenvalue weighted by atomic mass is 79.9. The molecule has 1 aliphatic rings. The fourth-order valence-electron chi connectivity index (χ4n) is 4.73. The number of Topliss-reactive ketones (excluding diaryl/α,β-unsaturated/α-hetero) is 1. The lowest BCUT2D eigenvalue weighted by Gasteiger charge is -2.23. The molecule has 200 valence electrons. The number of rotatable bonds is 6. The Morgan fingerprint density at radius 3 is 2.56 bits per heavy atom. The van der Waals surface area contributed by atoms with Crippen LogP contribution in [0.3, 0.4) is 0 Å². The third-order valence-electron chi connectivity index (χ3n) is 6.71. The molecule has 39 heavy (non-hydrogen) atoms. The Bertz CT molecular complexity index is 1620. The summed E-state index contributed by atoms with van der Waals surface area (Å²) in [4.78, 5) is 44.0. The number of likely N-dealkylation sites (tertiary alicyclic amines) is 1. The van der Waals surface area contributed by atoms with Gasteiger partial charge in [-0.1, -0.05) is 24.3 Å². The Hall–Kier alpha value is -3.99. The van der Waals surface area contributed by atoms with Gasteiger partial charge in [0.15, 0.2) is 5.78 Å². The predicted octanol–water partition coefficient (Wildman–Crippen LogP) is 5.09. The summed E-state index contributed by atoms with van der Waals surface area (Å²) >= 11 is 3.24. The van der Waals surface area contributed by atoms with Crippen molar-refractivity contribution in [2.24, 2.45) is 0 Å². The molecule has 2 atom stereocenters. The van der Waals surface area contributed by atoms with E-state index in [9.17, 15) is 23.2 Å². The van der Waals surface area contributed by atoms with Gasteiger partial charge in [0.25, 0.3) is 0 Å². The minimum atomic E-state index is -1.36. The van der Waals surface area contributed by atoms with Crippen molar-refractivity contribution >= 4 is 50.2 Å². The zero-order chi connectivity index (χ0) is 27.8. The molecule has 1 N–H and O–H groups in total. The van der Waals surface area contributed by atoms with Crippen LogP contribution < -0.4 is 5.32 Å². The fourth-order valence-corrected chi connectivity index (χ4v) is 5.07. The van der Waals surface area contributed by atoms with E-state index < -0.39 is 24.0 Å². The SMILES string of the molecule is CC(=O)c1nn(CC(=O)N2C[C@H](F)C[C@H]2C(=O)Nc2cccc(Br)n2)c2ccc(-c3ccc(C)c(F)c3)cc12. The highest BCUT2D eigenvalue weighted by molar-refractivity contribution is 9.10. The van der Waals surface area contributed by atoms with Gasteiger partial charge in [-0.2, -0.15) is 5.10 Å². The lowest BCUT2D eigenvalue weighted by atomic mass is 10.0. The number of carbonyl (C=O) groups is 3. The molecule has 2 amide bonds. The third-order valence-corrected chi connectivity index (χ3v) is 7.16. The number of ketones is 1. The van der Waals surface area contributed by atoms with Crippen molar-refractivity contribution in [2.45, 2.75) is 39.0 Å². The van der Waals surface area contributed by atoms with Crippen molar-refractivity contribution in [1.29, 1.82) is 0 Å². The highest BCUT2D eigenvalue weighted by Crippen LogP contribution is 2.29. The Labute approximate surface area is 231 Å². The summed E-state index contributed by atoms with van der Waals surface area (Å²) in [5, 5.41) is 7.51. The van der Waals surface area contributed by atoms with Gasteiger partial charge in [-0.25, -0.2) is 13.8 Å². The number of amides is 2. The standard InChI is InChI=1S/C28H24BrF2N5O3/c1-15-6-7-18(11-21(15)31)17-8-9-22-20(10-17)27(16(2)37)34-36(22)14-26(38)35-13-19(30)12-23(35)28(39)33-25-5-3-4-24(29)32-25/h3-11,19,23H,12-14H2,1-2H3,(H,32,33,39)/t19-,23+/m1/s1. The van der Waals surface area contributed by atoms with E-state index in [0.717, 1.165) is 0 Å². The summed E-state index contributed by atoms with van der Waals surface area (Å²) in [5.41, 5.74) is 2.52. The van der Waals surface area contributed by atoms with Crippen LogP contribution in [0.15, 0.2) is 59.2 Å². The number of hydrogen-bond donors (Lipinski definition) is 1. The predicted molar refractivity (Wildman–Crippen MR) is 145 cm³/mol. The first kappa shape index (κ1) is 26.6. The second-order valence-corrected chi connectivity index (χ2v) is 10.3. The number of aryl methyl sites for hydroxylation is 1. The molecule has 1 saturated heterocycles. The monoisotopic (exact) mass is 595 g/mol. The largest absolute Gasteiger partial charge is 0.326 e. The van der Waals surface area contributed by atoms with E-state index in [4.69, 9.17) is 0 Å². The molecular formula is C28H24BrF2N5O3. The van der Waals surface area contributed by atoms with Crippen LogP contribution in [0, 0.1) is 12.7 Å². The summed E-state index contributed by atoms with van der Waals surface area (Å²) in [5.74, 6) is -1.42. The van der Waals surface area contributed by atoms with E-state index in [0.29, 0.717) is 32.2 Å². The number of halogens is 3. The topological polar surface area (TPSA) is 97.2 Å². The lowest BCUT2D eigenvalue weighted by Crippen LogP contribution is -2.44. The van der Waals surface area contributed by atoms with Gasteiger partial charge < -0.3 is 10.2 Å². The lowest BCUT2D eigenvalue weighted by molar-refractivity contribution is -0.137. The molecule has 2 aromatic carbocycles. The average Bonchev–Trinajstić information content (AvgIpc) is 3.46. The Morgan fingerprint density at radius 1 is 1.10 bits per heavy atom. The second-order valence-electron chi connectivity index (χ2n) is 9.49. The number of carbonyl (C=O) groups excluding carboxylic acids is 3. The normalized spacial score (nSPS) is 17.0. The van der Waals surface area contributed by atoms with Crippen LogP contribution in [0.4, 0.5) is 14.6 Å².